The molecule has 1 aromatic heterocycles. The van der Waals surface area contributed by atoms with Gasteiger partial charge in [0.15, 0.2) is 12.5 Å². The van der Waals surface area contributed by atoms with Gasteiger partial charge in [0.1, 0.15) is 0 Å². The molecule has 0 amide bonds. The first-order valence-electron chi connectivity index (χ1n) is 8.98. The number of unbranched alkanes of at least 4 members (excludes halogenated alkanes) is 3. The summed E-state index contributed by atoms with van der Waals surface area (Å²) in [5, 5.41) is 14.4. The molecule has 2 N–H and O–H groups in total. The van der Waals surface area contributed by atoms with Crippen LogP contribution >= 0.6 is 0 Å². The Hall–Kier alpha value is -2.17. The van der Waals surface area contributed by atoms with Gasteiger partial charge in [-0.2, -0.15) is 5.26 Å². The summed E-state index contributed by atoms with van der Waals surface area (Å²) in [5.41, 5.74) is 0.846. The minimum atomic E-state index is 0.0113. The van der Waals surface area contributed by atoms with Gasteiger partial charge >= 0.3 is 0 Å². The number of nitrogens with one attached hydrogen (secondary N) is 2. The lowest BCUT2D eigenvalue weighted by Gasteiger charge is -2.22. The maximum Gasteiger partial charge on any atom is 0.209 e. The van der Waals surface area contributed by atoms with Crippen molar-refractivity contribution in [3.8, 4) is 6.19 Å². The molecule has 2 heterocycles. The summed E-state index contributed by atoms with van der Waals surface area (Å²) in [7, 11) is 0. The van der Waals surface area contributed by atoms with E-state index >= 15 is 0 Å². The zero-order chi connectivity index (χ0) is 17.6. The van der Waals surface area contributed by atoms with Gasteiger partial charge in [-0.3, -0.25) is 15.3 Å². The van der Waals surface area contributed by atoms with Crippen LogP contribution in [0.5, 0.6) is 0 Å². The normalized spacial score (nSPS) is 17.7. The topological polar surface area (TPSA) is 91.6 Å². The first-order valence-corrected chi connectivity index (χ1v) is 8.98. The molecule has 1 fully saturated rings. The molecule has 7 heteroatoms. The molecule has 1 unspecified atom stereocenters. The average molecular weight is 345 g/mol. The van der Waals surface area contributed by atoms with Crippen molar-refractivity contribution >= 4 is 11.6 Å². The molecule has 1 aliphatic rings. The van der Waals surface area contributed by atoms with Crippen molar-refractivity contribution in [2.45, 2.75) is 51.2 Å². The summed E-state index contributed by atoms with van der Waals surface area (Å²) in [6, 6.07) is 3.65. The molecule has 0 radical (unpaired) electrons. The SMILES string of the molecule is N#CNC(=NCCCCCCOC1CCCCO1)Nc1ccncc1. The number of nitriles is 1. The number of anilines is 1. The first-order chi connectivity index (χ1) is 12.4. The highest BCUT2D eigenvalue weighted by Crippen LogP contribution is 2.14. The monoisotopic (exact) mass is 345 g/mol. The van der Waals surface area contributed by atoms with Crippen molar-refractivity contribution in [2.24, 2.45) is 4.99 Å². The standard InChI is InChI=1S/C18H27N5O2/c19-15-22-18(23-16-8-11-20-12-9-16)21-10-4-1-2-5-13-24-17-7-3-6-14-25-17/h8-9,11-12,17H,1-7,10,13-14H2,(H2,20,21,22,23). The van der Waals surface area contributed by atoms with Gasteiger partial charge in [0.2, 0.25) is 5.96 Å². The minimum Gasteiger partial charge on any atom is -0.353 e. The van der Waals surface area contributed by atoms with Gasteiger partial charge in [0.05, 0.1) is 0 Å². The highest BCUT2D eigenvalue weighted by atomic mass is 16.7. The second-order valence-corrected chi connectivity index (χ2v) is 5.91. The molecule has 0 spiro atoms. The number of ether oxygens (including phenoxy) is 2. The number of aliphatic imine (C=N–C) groups is 1. The van der Waals surface area contributed by atoms with E-state index in [1.807, 2.05) is 18.3 Å². The molecule has 7 nitrogen and oxygen atoms in total. The lowest BCUT2D eigenvalue weighted by atomic mass is 10.2. The smallest absolute Gasteiger partial charge is 0.209 e. The summed E-state index contributed by atoms with van der Waals surface area (Å²) in [5.74, 6) is 0.464. The maximum atomic E-state index is 8.80. The zero-order valence-corrected chi connectivity index (χ0v) is 14.6. The lowest BCUT2D eigenvalue weighted by Crippen LogP contribution is -2.27. The van der Waals surface area contributed by atoms with Crippen LogP contribution in [0.2, 0.25) is 0 Å². The molecule has 136 valence electrons. The molecule has 0 saturated carbocycles. The van der Waals surface area contributed by atoms with Gasteiger partial charge in [0, 0.05) is 37.8 Å². The van der Waals surface area contributed by atoms with E-state index in [1.165, 1.54) is 6.42 Å². The molecule has 1 aliphatic heterocycles. The van der Waals surface area contributed by atoms with Crippen molar-refractivity contribution in [1.82, 2.24) is 10.3 Å². The fourth-order valence-electron chi connectivity index (χ4n) is 2.55. The van der Waals surface area contributed by atoms with Gasteiger partial charge in [0.25, 0.3) is 0 Å². The van der Waals surface area contributed by atoms with Crippen molar-refractivity contribution in [1.29, 1.82) is 5.26 Å². The van der Waals surface area contributed by atoms with E-state index in [2.05, 4.69) is 20.6 Å². The quantitative estimate of drug-likeness (QED) is 0.235. The van der Waals surface area contributed by atoms with E-state index in [9.17, 15) is 0 Å². The van der Waals surface area contributed by atoms with Crippen molar-refractivity contribution < 1.29 is 9.47 Å². The molecule has 1 aromatic rings. The van der Waals surface area contributed by atoms with Crippen LogP contribution in [0.4, 0.5) is 5.69 Å². The number of hydrogen-bond acceptors (Lipinski definition) is 5. The third-order valence-electron chi connectivity index (χ3n) is 3.88. The van der Waals surface area contributed by atoms with Crippen molar-refractivity contribution in [3.63, 3.8) is 0 Å². The summed E-state index contributed by atoms with van der Waals surface area (Å²) < 4.78 is 11.3. The van der Waals surface area contributed by atoms with Crippen LogP contribution in [0.3, 0.4) is 0 Å². The predicted molar refractivity (Wildman–Crippen MR) is 96.9 cm³/mol. The molecule has 0 bridgehead atoms. The Morgan fingerprint density at radius 3 is 2.88 bits per heavy atom. The van der Waals surface area contributed by atoms with Crippen LogP contribution < -0.4 is 10.6 Å². The lowest BCUT2D eigenvalue weighted by molar-refractivity contribution is -0.162. The van der Waals surface area contributed by atoms with Crippen LogP contribution in [0.15, 0.2) is 29.5 Å². The molecule has 2 rings (SSSR count). The second kappa shape index (κ2) is 12.2. The average Bonchev–Trinajstić information content (AvgIpc) is 2.65. The van der Waals surface area contributed by atoms with E-state index in [0.717, 1.165) is 57.4 Å². The van der Waals surface area contributed by atoms with Crippen LogP contribution in [0.25, 0.3) is 0 Å². The largest absolute Gasteiger partial charge is 0.353 e. The van der Waals surface area contributed by atoms with E-state index in [4.69, 9.17) is 14.7 Å². The number of pyridine rings is 1. The zero-order valence-electron chi connectivity index (χ0n) is 14.6. The van der Waals surface area contributed by atoms with E-state index in [0.29, 0.717) is 12.5 Å². The first kappa shape index (κ1) is 19.2. The third-order valence-corrected chi connectivity index (χ3v) is 3.88. The summed E-state index contributed by atoms with van der Waals surface area (Å²) in [4.78, 5) is 8.36. The Morgan fingerprint density at radius 1 is 1.28 bits per heavy atom. The van der Waals surface area contributed by atoms with Gasteiger partial charge in [-0.25, -0.2) is 0 Å². The number of hydrogen-bond donors (Lipinski definition) is 2. The Morgan fingerprint density at radius 2 is 2.12 bits per heavy atom. The van der Waals surface area contributed by atoms with Crippen LogP contribution in [0.1, 0.15) is 44.9 Å². The van der Waals surface area contributed by atoms with Gasteiger partial charge in [-0.1, -0.05) is 12.8 Å². The number of nitrogens with zero attached hydrogens (tertiary/aromatic N) is 3. The predicted octanol–water partition coefficient (Wildman–Crippen LogP) is 3.02. The molecular weight excluding hydrogens is 318 g/mol. The van der Waals surface area contributed by atoms with Crippen LogP contribution in [0, 0.1) is 11.5 Å². The van der Waals surface area contributed by atoms with Gasteiger partial charge in [-0.15, -0.1) is 0 Å². The summed E-state index contributed by atoms with van der Waals surface area (Å²) in [6.45, 7) is 2.27. The molecule has 1 saturated heterocycles. The van der Waals surface area contributed by atoms with E-state index < -0.39 is 0 Å². The third kappa shape index (κ3) is 8.47. The maximum absolute atomic E-state index is 8.80. The number of aromatic nitrogens is 1. The second-order valence-electron chi connectivity index (χ2n) is 5.91. The minimum absolute atomic E-state index is 0.0113. The van der Waals surface area contributed by atoms with Gasteiger partial charge < -0.3 is 14.8 Å². The molecular formula is C18H27N5O2. The fourth-order valence-corrected chi connectivity index (χ4v) is 2.55. The fraction of sp³-hybridized carbons (Fsp3) is 0.611. The van der Waals surface area contributed by atoms with Crippen LogP contribution in [-0.2, 0) is 9.47 Å². The molecule has 0 aliphatic carbocycles. The Balaban J connectivity index is 1.54. The van der Waals surface area contributed by atoms with Crippen molar-refractivity contribution in [2.75, 3.05) is 25.1 Å². The van der Waals surface area contributed by atoms with E-state index in [1.54, 1.807) is 12.4 Å². The Kier molecular flexibility index (Phi) is 9.37. The molecule has 0 aromatic carbocycles. The number of guanidine groups is 1. The van der Waals surface area contributed by atoms with Crippen molar-refractivity contribution in [3.05, 3.63) is 24.5 Å². The summed E-state index contributed by atoms with van der Waals surface area (Å²) in [6.07, 6.45) is 12.9. The summed E-state index contributed by atoms with van der Waals surface area (Å²) >= 11 is 0. The van der Waals surface area contributed by atoms with Crippen LogP contribution in [-0.4, -0.2) is 37.0 Å². The Labute approximate surface area is 149 Å². The number of rotatable bonds is 9. The van der Waals surface area contributed by atoms with E-state index in [-0.39, 0.29) is 6.29 Å². The molecule has 1 atom stereocenters. The molecule has 25 heavy (non-hydrogen) atoms. The highest BCUT2D eigenvalue weighted by Gasteiger charge is 2.13. The Bertz CT molecular complexity index is 538. The van der Waals surface area contributed by atoms with Gasteiger partial charge in [-0.05, 0) is 44.2 Å². The highest BCUT2D eigenvalue weighted by molar-refractivity contribution is 5.94.